The number of para-hydroxylation sites is 1. The molecule has 2 heterocycles. The summed E-state index contributed by atoms with van der Waals surface area (Å²) in [5.74, 6) is 1.33. The summed E-state index contributed by atoms with van der Waals surface area (Å²) in [6.07, 6.45) is 1.72. The van der Waals surface area contributed by atoms with Crippen molar-refractivity contribution in [3.05, 3.63) is 58.9 Å². The van der Waals surface area contributed by atoms with E-state index in [4.69, 9.17) is 4.42 Å². The van der Waals surface area contributed by atoms with Crippen molar-refractivity contribution < 1.29 is 9.21 Å². The Hall–Kier alpha value is -2.27. The summed E-state index contributed by atoms with van der Waals surface area (Å²) in [5, 5.41) is 3.32. The van der Waals surface area contributed by atoms with Crippen LogP contribution in [0.3, 0.4) is 0 Å². The zero-order valence-electron chi connectivity index (χ0n) is 10.8. The molecule has 0 atom stereocenters. The van der Waals surface area contributed by atoms with Gasteiger partial charge < -0.3 is 9.73 Å². The molecule has 1 N–H and O–H groups in total. The van der Waals surface area contributed by atoms with Gasteiger partial charge in [-0.3, -0.25) is 4.79 Å². The lowest BCUT2D eigenvalue weighted by Crippen LogP contribution is -2.19. The molecule has 0 saturated carbocycles. The SMILES string of the molecule is Cc1ccc(/C=C2/SC(=Nc3ccccc3)NC2=O)o1. The van der Waals surface area contributed by atoms with Crippen molar-refractivity contribution in [3.8, 4) is 0 Å². The summed E-state index contributed by atoms with van der Waals surface area (Å²) in [4.78, 5) is 16.8. The molecule has 5 heteroatoms. The fourth-order valence-electron chi connectivity index (χ4n) is 1.76. The van der Waals surface area contributed by atoms with Crippen molar-refractivity contribution >= 4 is 34.6 Å². The predicted molar refractivity (Wildman–Crippen MR) is 80.7 cm³/mol. The monoisotopic (exact) mass is 284 g/mol. The number of nitrogens with zero attached hydrogens (tertiary/aromatic N) is 1. The fraction of sp³-hybridized carbons (Fsp3) is 0.0667. The largest absolute Gasteiger partial charge is 0.462 e. The molecular formula is C15H12N2O2S. The van der Waals surface area contributed by atoms with Gasteiger partial charge in [0, 0.05) is 6.08 Å². The van der Waals surface area contributed by atoms with E-state index >= 15 is 0 Å². The first-order chi connectivity index (χ1) is 9.70. The number of carbonyl (C=O) groups excluding carboxylic acids is 1. The van der Waals surface area contributed by atoms with Crippen molar-refractivity contribution in [1.29, 1.82) is 0 Å². The topological polar surface area (TPSA) is 54.6 Å². The lowest BCUT2D eigenvalue weighted by Gasteiger charge is -1.94. The maximum Gasteiger partial charge on any atom is 0.264 e. The van der Waals surface area contributed by atoms with Gasteiger partial charge in [0.05, 0.1) is 10.6 Å². The molecule has 0 unspecified atom stereocenters. The first-order valence-electron chi connectivity index (χ1n) is 6.12. The molecule has 1 saturated heterocycles. The Kier molecular flexibility index (Phi) is 3.43. The van der Waals surface area contributed by atoms with Crippen LogP contribution in [0.1, 0.15) is 11.5 Å². The summed E-state index contributed by atoms with van der Waals surface area (Å²) in [6, 6.07) is 13.2. The van der Waals surface area contributed by atoms with Gasteiger partial charge in [-0.05, 0) is 43.0 Å². The standard InChI is InChI=1S/C15H12N2O2S/c1-10-7-8-12(19-10)9-13-14(18)17-15(20-13)16-11-5-3-2-4-6-11/h2-9H,1H3,(H,16,17,18)/b13-9+. The van der Waals surface area contributed by atoms with Gasteiger partial charge in [0.2, 0.25) is 0 Å². The van der Waals surface area contributed by atoms with Gasteiger partial charge in [0.25, 0.3) is 5.91 Å². The Bertz CT molecular complexity index is 702. The van der Waals surface area contributed by atoms with E-state index in [9.17, 15) is 4.79 Å². The molecule has 1 aliphatic heterocycles. The number of amidine groups is 1. The van der Waals surface area contributed by atoms with Crippen LogP contribution in [0.4, 0.5) is 5.69 Å². The number of hydrogen-bond donors (Lipinski definition) is 1. The van der Waals surface area contributed by atoms with Crippen LogP contribution in [0, 0.1) is 6.92 Å². The van der Waals surface area contributed by atoms with Crippen LogP contribution in [0.15, 0.2) is 56.8 Å². The number of thioether (sulfide) groups is 1. The fourth-order valence-corrected chi connectivity index (χ4v) is 2.58. The Morgan fingerprint density at radius 2 is 2.00 bits per heavy atom. The lowest BCUT2D eigenvalue weighted by molar-refractivity contribution is -0.115. The van der Waals surface area contributed by atoms with Crippen LogP contribution in [-0.2, 0) is 4.79 Å². The highest BCUT2D eigenvalue weighted by Gasteiger charge is 2.24. The first-order valence-corrected chi connectivity index (χ1v) is 6.93. The molecule has 1 aromatic carbocycles. The molecular weight excluding hydrogens is 272 g/mol. The molecule has 1 aliphatic rings. The molecule has 100 valence electrons. The summed E-state index contributed by atoms with van der Waals surface area (Å²) < 4.78 is 5.44. The molecule has 4 nitrogen and oxygen atoms in total. The van der Waals surface area contributed by atoms with E-state index in [0.29, 0.717) is 15.8 Å². The van der Waals surface area contributed by atoms with Gasteiger partial charge in [0.1, 0.15) is 11.5 Å². The summed E-state index contributed by atoms with van der Waals surface area (Å²) >= 11 is 1.31. The van der Waals surface area contributed by atoms with Crippen LogP contribution in [0.2, 0.25) is 0 Å². The van der Waals surface area contributed by atoms with Crippen LogP contribution < -0.4 is 5.32 Å². The van der Waals surface area contributed by atoms with Crippen LogP contribution >= 0.6 is 11.8 Å². The third-order valence-electron chi connectivity index (χ3n) is 2.67. The average molecular weight is 284 g/mol. The van der Waals surface area contributed by atoms with E-state index in [2.05, 4.69) is 10.3 Å². The van der Waals surface area contributed by atoms with E-state index in [0.717, 1.165) is 11.4 Å². The third kappa shape index (κ3) is 2.83. The molecule has 0 aliphatic carbocycles. The number of furan rings is 1. The third-order valence-corrected chi connectivity index (χ3v) is 3.58. The highest BCUT2D eigenvalue weighted by Crippen LogP contribution is 2.28. The zero-order chi connectivity index (χ0) is 13.9. The average Bonchev–Trinajstić information content (AvgIpc) is 2.98. The number of rotatable bonds is 2. The van der Waals surface area contributed by atoms with Crippen molar-refractivity contribution in [2.75, 3.05) is 0 Å². The van der Waals surface area contributed by atoms with Gasteiger partial charge in [-0.25, -0.2) is 4.99 Å². The zero-order valence-corrected chi connectivity index (χ0v) is 11.6. The van der Waals surface area contributed by atoms with Gasteiger partial charge in [-0.1, -0.05) is 18.2 Å². The summed E-state index contributed by atoms with van der Waals surface area (Å²) in [5.41, 5.74) is 0.811. The maximum atomic E-state index is 11.9. The Morgan fingerprint density at radius 3 is 2.70 bits per heavy atom. The van der Waals surface area contributed by atoms with Gasteiger partial charge in [-0.2, -0.15) is 0 Å². The van der Waals surface area contributed by atoms with E-state index in [1.165, 1.54) is 11.8 Å². The number of nitrogens with one attached hydrogen (secondary N) is 1. The molecule has 0 spiro atoms. The number of carbonyl (C=O) groups is 1. The van der Waals surface area contributed by atoms with E-state index in [-0.39, 0.29) is 5.91 Å². The van der Waals surface area contributed by atoms with Crippen LogP contribution in [-0.4, -0.2) is 11.1 Å². The Balaban J connectivity index is 1.82. The van der Waals surface area contributed by atoms with E-state index in [1.54, 1.807) is 6.08 Å². The highest BCUT2D eigenvalue weighted by molar-refractivity contribution is 8.18. The highest BCUT2D eigenvalue weighted by atomic mass is 32.2. The number of hydrogen-bond acceptors (Lipinski definition) is 4. The Labute approximate surface area is 120 Å². The van der Waals surface area contributed by atoms with Gasteiger partial charge in [-0.15, -0.1) is 0 Å². The number of amides is 1. The van der Waals surface area contributed by atoms with Crippen LogP contribution in [0.25, 0.3) is 6.08 Å². The number of benzene rings is 1. The quantitative estimate of drug-likeness (QED) is 0.859. The Morgan fingerprint density at radius 1 is 1.20 bits per heavy atom. The van der Waals surface area contributed by atoms with Crippen molar-refractivity contribution in [2.24, 2.45) is 4.99 Å². The minimum absolute atomic E-state index is 0.154. The smallest absolute Gasteiger partial charge is 0.264 e. The maximum absolute atomic E-state index is 11.9. The van der Waals surface area contributed by atoms with E-state index in [1.807, 2.05) is 49.4 Å². The molecule has 1 amide bonds. The second-order valence-electron chi connectivity index (χ2n) is 4.27. The van der Waals surface area contributed by atoms with Crippen molar-refractivity contribution in [3.63, 3.8) is 0 Å². The second kappa shape index (κ2) is 5.38. The normalized spacial score (nSPS) is 18.8. The predicted octanol–water partition coefficient (Wildman–Crippen LogP) is 3.48. The molecule has 1 fully saturated rings. The molecule has 0 bridgehead atoms. The second-order valence-corrected chi connectivity index (χ2v) is 5.30. The van der Waals surface area contributed by atoms with E-state index < -0.39 is 0 Å². The minimum Gasteiger partial charge on any atom is -0.462 e. The van der Waals surface area contributed by atoms with Crippen molar-refractivity contribution in [1.82, 2.24) is 5.32 Å². The molecule has 3 rings (SSSR count). The minimum atomic E-state index is -0.154. The number of aryl methyl sites for hydroxylation is 1. The van der Waals surface area contributed by atoms with Gasteiger partial charge >= 0.3 is 0 Å². The molecule has 2 aromatic rings. The molecule has 1 aromatic heterocycles. The summed E-state index contributed by atoms with van der Waals surface area (Å²) in [6.45, 7) is 1.87. The lowest BCUT2D eigenvalue weighted by atomic mass is 10.3. The first kappa shape index (κ1) is 12.7. The molecule has 20 heavy (non-hydrogen) atoms. The molecule has 0 radical (unpaired) electrons. The van der Waals surface area contributed by atoms with Gasteiger partial charge in [0.15, 0.2) is 5.17 Å². The van der Waals surface area contributed by atoms with Crippen molar-refractivity contribution in [2.45, 2.75) is 6.92 Å². The van der Waals surface area contributed by atoms with Crippen LogP contribution in [0.5, 0.6) is 0 Å². The summed E-state index contributed by atoms with van der Waals surface area (Å²) in [7, 11) is 0. The number of aliphatic imine (C=N–C) groups is 1.